The van der Waals surface area contributed by atoms with Crippen molar-refractivity contribution in [2.24, 2.45) is 0 Å². The van der Waals surface area contributed by atoms with Crippen molar-refractivity contribution in [1.82, 2.24) is 14.3 Å². The number of hydrogen-bond acceptors (Lipinski definition) is 3. The van der Waals surface area contributed by atoms with E-state index in [0.717, 1.165) is 6.20 Å². The van der Waals surface area contributed by atoms with Gasteiger partial charge in [-0.25, -0.2) is 13.4 Å². The van der Waals surface area contributed by atoms with Gasteiger partial charge in [-0.05, 0) is 12.8 Å². The molecular formula is C12H20F3N3O2S. The molecule has 0 aromatic carbocycles. The van der Waals surface area contributed by atoms with E-state index in [0.29, 0.717) is 29.4 Å². The van der Waals surface area contributed by atoms with Crippen LogP contribution >= 0.6 is 0 Å². The van der Waals surface area contributed by atoms with Gasteiger partial charge in [0, 0.05) is 12.5 Å². The quantitative estimate of drug-likeness (QED) is 0.837. The molecule has 0 radical (unpaired) electrons. The van der Waals surface area contributed by atoms with E-state index in [9.17, 15) is 21.6 Å². The lowest BCUT2D eigenvalue weighted by atomic mass is 10.2. The third-order valence-corrected chi connectivity index (χ3v) is 5.02. The van der Waals surface area contributed by atoms with Gasteiger partial charge in [-0.2, -0.15) is 17.5 Å². The Morgan fingerprint density at radius 1 is 1.29 bits per heavy atom. The van der Waals surface area contributed by atoms with Crippen molar-refractivity contribution in [3.63, 3.8) is 0 Å². The Kier molecular flexibility index (Phi) is 5.80. The minimum atomic E-state index is -4.59. The molecule has 1 heterocycles. The van der Waals surface area contributed by atoms with Crippen LogP contribution in [0.1, 0.15) is 39.4 Å². The molecule has 1 rings (SSSR count). The van der Waals surface area contributed by atoms with Crippen LogP contribution in [0.15, 0.2) is 11.2 Å². The minimum Gasteiger partial charge on any atom is -0.332 e. The van der Waals surface area contributed by atoms with Gasteiger partial charge in [0.05, 0.1) is 6.20 Å². The van der Waals surface area contributed by atoms with Gasteiger partial charge in [0.15, 0.2) is 5.03 Å². The number of nitrogens with one attached hydrogen (secondary N) is 1. The van der Waals surface area contributed by atoms with E-state index in [-0.39, 0.29) is 5.03 Å². The van der Waals surface area contributed by atoms with Crippen LogP contribution in [0.4, 0.5) is 13.2 Å². The second kappa shape index (κ2) is 6.78. The summed E-state index contributed by atoms with van der Waals surface area (Å²) in [6.07, 6.45) is -2.44. The Hall–Kier alpha value is -1.09. The molecule has 0 aliphatic heterocycles. The van der Waals surface area contributed by atoms with Crippen LogP contribution in [0, 0.1) is 0 Å². The van der Waals surface area contributed by atoms with Gasteiger partial charge in [0.1, 0.15) is 12.4 Å². The lowest BCUT2D eigenvalue weighted by Gasteiger charge is -2.29. The first-order valence-corrected chi connectivity index (χ1v) is 8.22. The average Bonchev–Trinajstić information content (AvgIpc) is 2.87. The number of H-pyrrole nitrogens is 1. The maximum atomic E-state index is 12.7. The van der Waals surface area contributed by atoms with E-state index in [1.807, 2.05) is 0 Å². The third-order valence-electron chi connectivity index (χ3n) is 3.21. The highest BCUT2D eigenvalue weighted by Crippen LogP contribution is 2.26. The fraction of sp³-hybridized carbons (Fsp3) is 0.750. The molecular weight excluding hydrogens is 307 g/mol. The van der Waals surface area contributed by atoms with Crippen LogP contribution in [0.3, 0.4) is 0 Å². The van der Waals surface area contributed by atoms with Gasteiger partial charge in [0.2, 0.25) is 0 Å². The summed E-state index contributed by atoms with van der Waals surface area (Å²) < 4.78 is 63.6. The van der Waals surface area contributed by atoms with Crippen LogP contribution in [0.2, 0.25) is 0 Å². The first-order valence-electron chi connectivity index (χ1n) is 6.78. The first kappa shape index (κ1) is 18.0. The summed E-state index contributed by atoms with van der Waals surface area (Å²) in [6, 6.07) is -0.704. The number of aromatic amines is 1. The smallest absolute Gasteiger partial charge is 0.332 e. The number of rotatable bonds is 7. The maximum Gasteiger partial charge on any atom is 0.402 e. The number of sulfonamides is 1. The summed E-state index contributed by atoms with van der Waals surface area (Å²) in [6.45, 7) is 3.60. The summed E-state index contributed by atoms with van der Waals surface area (Å²) in [7, 11) is -4.25. The lowest BCUT2D eigenvalue weighted by molar-refractivity contribution is -0.139. The normalized spacial score (nSPS) is 13.3. The van der Waals surface area contributed by atoms with Gasteiger partial charge < -0.3 is 4.98 Å². The highest BCUT2D eigenvalue weighted by molar-refractivity contribution is 7.89. The molecule has 21 heavy (non-hydrogen) atoms. The zero-order valence-electron chi connectivity index (χ0n) is 12.2. The summed E-state index contributed by atoms with van der Waals surface area (Å²) in [5, 5.41) is -0.296. The largest absolute Gasteiger partial charge is 0.402 e. The fourth-order valence-electron chi connectivity index (χ4n) is 2.06. The second-order valence-electron chi connectivity index (χ2n) is 4.68. The Morgan fingerprint density at radius 2 is 1.86 bits per heavy atom. The Morgan fingerprint density at radius 3 is 2.24 bits per heavy atom. The van der Waals surface area contributed by atoms with Crippen molar-refractivity contribution in [2.75, 3.05) is 6.54 Å². The van der Waals surface area contributed by atoms with Crippen molar-refractivity contribution < 1.29 is 21.6 Å². The molecule has 1 N–H and O–H groups in total. The molecule has 0 atom stereocenters. The molecule has 0 saturated heterocycles. The number of alkyl halides is 3. The lowest BCUT2D eigenvalue weighted by Crippen LogP contribution is -2.45. The summed E-state index contributed by atoms with van der Waals surface area (Å²) in [5.41, 5.74) is 0. The molecule has 5 nitrogen and oxygen atoms in total. The van der Waals surface area contributed by atoms with Crippen LogP contribution in [-0.4, -0.2) is 41.5 Å². The van der Waals surface area contributed by atoms with Gasteiger partial charge in [-0.3, -0.25) is 0 Å². The molecule has 0 aliphatic carbocycles. The maximum absolute atomic E-state index is 12.7. The van der Waals surface area contributed by atoms with Crippen LogP contribution in [0.5, 0.6) is 0 Å². The van der Waals surface area contributed by atoms with Gasteiger partial charge in [-0.1, -0.05) is 20.8 Å². The van der Waals surface area contributed by atoms with E-state index >= 15 is 0 Å². The predicted octanol–water partition coefficient (Wildman–Crippen LogP) is 2.71. The zero-order chi connectivity index (χ0) is 16.3. The summed E-state index contributed by atoms with van der Waals surface area (Å²) in [4.78, 5) is 6.41. The second-order valence-corrected chi connectivity index (χ2v) is 6.54. The molecule has 122 valence electrons. The number of aryl methyl sites for hydroxylation is 1. The predicted molar refractivity (Wildman–Crippen MR) is 72.3 cm³/mol. The van der Waals surface area contributed by atoms with Crippen molar-refractivity contribution in [2.45, 2.75) is 57.3 Å². The van der Waals surface area contributed by atoms with Crippen molar-refractivity contribution in [3.8, 4) is 0 Å². The van der Waals surface area contributed by atoms with Crippen molar-refractivity contribution in [3.05, 3.63) is 12.0 Å². The standard InChI is InChI=1S/C12H20F3N3O2S/c1-4-9(5-2)18(8-12(13,14)15)21(19,20)11-7-16-10(6-3)17-11/h7,9H,4-6,8H2,1-3H3,(H,16,17). The molecule has 1 aromatic heterocycles. The fourth-order valence-corrected chi connectivity index (χ4v) is 3.76. The van der Waals surface area contributed by atoms with E-state index in [2.05, 4.69) is 9.97 Å². The van der Waals surface area contributed by atoms with Gasteiger partial charge >= 0.3 is 6.18 Å². The summed E-state index contributed by atoms with van der Waals surface area (Å²) >= 11 is 0. The number of aromatic nitrogens is 2. The van der Waals surface area contributed by atoms with Crippen molar-refractivity contribution >= 4 is 10.0 Å². The highest BCUT2D eigenvalue weighted by Gasteiger charge is 2.40. The molecule has 9 heteroatoms. The Bertz CT molecular complexity index is 550. The van der Waals surface area contributed by atoms with E-state index < -0.39 is 28.8 Å². The number of hydrogen-bond donors (Lipinski definition) is 1. The Balaban J connectivity index is 3.22. The zero-order valence-corrected chi connectivity index (χ0v) is 13.1. The monoisotopic (exact) mass is 327 g/mol. The molecule has 1 aromatic rings. The molecule has 0 spiro atoms. The van der Waals surface area contributed by atoms with E-state index in [1.54, 1.807) is 20.8 Å². The van der Waals surface area contributed by atoms with Crippen LogP contribution in [-0.2, 0) is 16.4 Å². The van der Waals surface area contributed by atoms with Gasteiger partial charge in [0.25, 0.3) is 10.0 Å². The average molecular weight is 327 g/mol. The number of imidazole rings is 1. The topological polar surface area (TPSA) is 66.1 Å². The van der Waals surface area contributed by atoms with E-state index in [4.69, 9.17) is 0 Å². The SMILES string of the molecule is CCc1ncc(S(=O)(=O)N(CC(F)(F)F)C(CC)CC)[nH]1. The molecule has 0 bridgehead atoms. The highest BCUT2D eigenvalue weighted by atomic mass is 32.2. The number of nitrogens with zero attached hydrogens (tertiary/aromatic N) is 2. The minimum absolute atomic E-state index is 0.296. The van der Waals surface area contributed by atoms with Crippen LogP contribution < -0.4 is 0 Å². The van der Waals surface area contributed by atoms with E-state index in [1.165, 1.54) is 0 Å². The first-order chi connectivity index (χ1) is 9.65. The molecule has 0 unspecified atom stereocenters. The van der Waals surface area contributed by atoms with Crippen molar-refractivity contribution in [1.29, 1.82) is 0 Å². The molecule has 0 aliphatic rings. The van der Waals surface area contributed by atoms with Crippen LogP contribution in [0.25, 0.3) is 0 Å². The molecule has 0 fully saturated rings. The van der Waals surface area contributed by atoms with Gasteiger partial charge in [-0.15, -0.1) is 0 Å². The summed E-state index contributed by atoms with van der Waals surface area (Å²) in [5.74, 6) is 0.421. The molecule has 0 saturated carbocycles. The molecule has 0 amide bonds. The number of halogens is 3. The Labute approximate surface area is 122 Å². The third kappa shape index (κ3) is 4.44.